The largest absolute Gasteiger partial charge is 0.367 e. The van der Waals surface area contributed by atoms with Crippen LogP contribution in [-0.4, -0.2) is 84.1 Å². The van der Waals surface area contributed by atoms with Crippen LogP contribution in [-0.2, 0) is 25.6 Å². The number of fused-ring (bicyclic) bond motifs is 4. The number of hydrogen-bond acceptors (Lipinski definition) is 7. The SMILES string of the molecule is CN1C(=O)NC(=O)/C(=C\c2ccc3c(c2)CC2(C(=O)N(C)C(=O)N(C)C2=O)[C@@H]2CCCN32)C1=O. The highest BCUT2D eigenvalue weighted by Crippen LogP contribution is 2.49. The second-order valence-corrected chi connectivity index (χ2v) is 9.08. The van der Waals surface area contributed by atoms with Crippen molar-refractivity contribution in [2.45, 2.75) is 25.3 Å². The van der Waals surface area contributed by atoms with Crippen LogP contribution in [0.1, 0.15) is 24.0 Å². The summed E-state index contributed by atoms with van der Waals surface area (Å²) in [6, 6.07) is 3.53. The third-order valence-corrected chi connectivity index (χ3v) is 7.27. The third kappa shape index (κ3) is 2.76. The van der Waals surface area contributed by atoms with Gasteiger partial charge in [0.15, 0.2) is 5.41 Å². The average Bonchev–Trinajstić information content (AvgIpc) is 3.32. The predicted molar refractivity (Wildman–Crippen MR) is 118 cm³/mol. The highest BCUT2D eigenvalue weighted by Gasteiger charge is 2.63. The van der Waals surface area contributed by atoms with E-state index < -0.39 is 41.1 Å². The minimum Gasteiger partial charge on any atom is -0.367 e. The molecular weight excluding hydrogens is 442 g/mol. The Bertz CT molecular complexity index is 1210. The van der Waals surface area contributed by atoms with Crippen LogP contribution in [0.4, 0.5) is 15.3 Å². The van der Waals surface area contributed by atoms with E-state index in [0.717, 1.165) is 26.8 Å². The van der Waals surface area contributed by atoms with Gasteiger partial charge >= 0.3 is 12.1 Å². The molecule has 1 atom stereocenters. The van der Waals surface area contributed by atoms with Gasteiger partial charge in [-0.2, -0.15) is 0 Å². The van der Waals surface area contributed by atoms with Gasteiger partial charge in [0, 0.05) is 33.4 Å². The fourth-order valence-electron chi connectivity index (χ4n) is 5.54. The molecule has 4 aliphatic rings. The van der Waals surface area contributed by atoms with E-state index in [4.69, 9.17) is 0 Å². The lowest BCUT2D eigenvalue weighted by Crippen LogP contribution is -2.70. The first-order valence-electron chi connectivity index (χ1n) is 10.9. The zero-order chi connectivity index (χ0) is 24.5. The summed E-state index contributed by atoms with van der Waals surface area (Å²) in [5.41, 5.74) is 0.475. The molecule has 34 heavy (non-hydrogen) atoms. The molecule has 0 aliphatic carbocycles. The molecule has 4 heterocycles. The molecule has 0 unspecified atom stereocenters. The van der Waals surface area contributed by atoms with Gasteiger partial charge in [0.2, 0.25) is 11.8 Å². The Hall–Kier alpha value is -4.02. The van der Waals surface area contributed by atoms with E-state index in [1.807, 2.05) is 11.0 Å². The lowest BCUT2D eigenvalue weighted by atomic mass is 9.68. The summed E-state index contributed by atoms with van der Waals surface area (Å²) in [6.45, 7) is 0.662. The van der Waals surface area contributed by atoms with Crippen LogP contribution in [0.5, 0.6) is 0 Å². The zero-order valence-corrected chi connectivity index (χ0v) is 19.0. The van der Waals surface area contributed by atoms with E-state index in [9.17, 15) is 28.8 Å². The zero-order valence-electron chi connectivity index (χ0n) is 19.0. The van der Waals surface area contributed by atoms with Crippen molar-refractivity contribution in [3.05, 3.63) is 34.9 Å². The van der Waals surface area contributed by atoms with Crippen LogP contribution in [0.15, 0.2) is 23.8 Å². The fraction of sp³-hybridized carbons (Fsp3) is 0.391. The number of imide groups is 4. The van der Waals surface area contributed by atoms with Crippen molar-refractivity contribution in [2.75, 3.05) is 32.6 Å². The average molecular weight is 465 g/mol. The lowest BCUT2D eigenvalue weighted by molar-refractivity contribution is -0.159. The third-order valence-electron chi connectivity index (χ3n) is 7.27. The first-order chi connectivity index (χ1) is 16.1. The Morgan fingerprint density at radius 1 is 0.971 bits per heavy atom. The Morgan fingerprint density at radius 2 is 1.65 bits per heavy atom. The van der Waals surface area contributed by atoms with Crippen molar-refractivity contribution >= 4 is 47.5 Å². The Labute approximate surface area is 194 Å². The van der Waals surface area contributed by atoms with Gasteiger partial charge in [0.1, 0.15) is 5.57 Å². The van der Waals surface area contributed by atoms with E-state index >= 15 is 0 Å². The number of nitrogens with one attached hydrogen (secondary N) is 1. The first kappa shape index (κ1) is 21.8. The van der Waals surface area contributed by atoms with Crippen molar-refractivity contribution in [2.24, 2.45) is 5.41 Å². The van der Waals surface area contributed by atoms with Crippen LogP contribution in [0, 0.1) is 5.41 Å². The van der Waals surface area contributed by atoms with Gasteiger partial charge in [-0.1, -0.05) is 6.07 Å². The summed E-state index contributed by atoms with van der Waals surface area (Å²) in [7, 11) is 4.04. The predicted octanol–water partition coefficient (Wildman–Crippen LogP) is 0.340. The molecule has 5 rings (SSSR count). The van der Waals surface area contributed by atoms with Crippen LogP contribution in [0.2, 0.25) is 0 Å². The Balaban J connectivity index is 1.60. The summed E-state index contributed by atoms with van der Waals surface area (Å²) in [5.74, 6) is -2.55. The summed E-state index contributed by atoms with van der Waals surface area (Å²) in [6.07, 6.45) is 2.93. The van der Waals surface area contributed by atoms with E-state index in [1.54, 1.807) is 12.1 Å². The number of amides is 8. The molecule has 1 aromatic rings. The molecule has 11 nitrogen and oxygen atoms in total. The molecule has 176 valence electrons. The molecule has 8 amide bonds. The number of likely N-dealkylation sites (N-methyl/N-ethyl adjacent to an activating group) is 1. The lowest BCUT2D eigenvalue weighted by Gasteiger charge is -2.50. The maximum Gasteiger partial charge on any atom is 0.332 e. The minimum absolute atomic E-state index is 0.0959. The molecule has 1 aromatic carbocycles. The van der Waals surface area contributed by atoms with Gasteiger partial charge in [0.05, 0.1) is 6.04 Å². The molecule has 3 saturated heterocycles. The van der Waals surface area contributed by atoms with Crippen LogP contribution in [0.25, 0.3) is 6.08 Å². The number of carbonyl (C=O) groups excluding carboxylic acids is 6. The number of carbonyl (C=O) groups is 6. The number of barbiturate groups is 2. The second-order valence-electron chi connectivity index (χ2n) is 9.08. The van der Waals surface area contributed by atoms with Gasteiger partial charge in [-0.3, -0.25) is 39.2 Å². The number of nitrogens with zero attached hydrogens (tertiary/aromatic N) is 4. The van der Waals surface area contributed by atoms with Crippen LogP contribution in [0.3, 0.4) is 0 Å². The van der Waals surface area contributed by atoms with Crippen LogP contribution >= 0.6 is 0 Å². The normalized spacial score (nSPS) is 25.4. The van der Waals surface area contributed by atoms with Crippen molar-refractivity contribution in [3.63, 3.8) is 0 Å². The molecular formula is C23H23N5O6. The van der Waals surface area contributed by atoms with Crippen molar-refractivity contribution < 1.29 is 28.8 Å². The molecule has 4 aliphatic heterocycles. The van der Waals surface area contributed by atoms with Crippen molar-refractivity contribution in [3.8, 4) is 0 Å². The van der Waals surface area contributed by atoms with E-state index in [0.29, 0.717) is 24.1 Å². The summed E-state index contributed by atoms with van der Waals surface area (Å²) >= 11 is 0. The number of benzene rings is 1. The van der Waals surface area contributed by atoms with Crippen molar-refractivity contribution in [1.29, 1.82) is 0 Å². The van der Waals surface area contributed by atoms with E-state index in [-0.39, 0.29) is 18.0 Å². The topological polar surface area (TPSA) is 127 Å². The molecule has 11 heteroatoms. The minimum atomic E-state index is -1.43. The highest BCUT2D eigenvalue weighted by molar-refractivity contribution is 6.30. The van der Waals surface area contributed by atoms with Gasteiger partial charge in [-0.05, 0) is 48.6 Å². The van der Waals surface area contributed by atoms with Crippen molar-refractivity contribution in [1.82, 2.24) is 20.0 Å². The van der Waals surface area contributed by atoms with Gasteiger partial charge in [-0.15, -0.1) is 0 Å². The van der Waals surface area contributed by atoms with E-state index in [1.165, 1.54) is 27.2 Å². The quantitative estimate of drug-likeness (QED) is 0.360. The smallest absolute Gasteiger partial charge is 0.332 e. The second kappa shape index (κ2) is 7.24. The Morgan fingerprint density at radius 3 is 2.32 bits per heavy atom. The standard InChI is InChI=1S/C23H23N5O6/c1-25-18(30)14(17(29)24-21(25)33)10-12-6-7-15-13(9-12)11-23(16-5-4-8-28(15)16)19(31)26(2)22(34)27(3)20(23)32/h6-7,9-10,16H,4-5,8,11H2,1-3H3,(H,24,29,33)/b14-10+/t16-/m0/s1. The molecule has 0 bridgehead atoms. The maximum atomic E-state index is 13.5. The van der Waals surface area contributed by atoms with Gasteiger partial charge in [-0.25, -0.2) is 9.59 Å². The number of hydrogen-bond donors (Lipinski definition) is 1. The summed E-state index contributed by atoms with van der Waals surface area (Å²) in [4.78, 5) is 80.6. The molecule has 0 aromatic heterocycles. The number of anilines is 1. The van der Waals surface area contributed by atoms with E-state index in [2.05, 4.69) is 5.32 Å². The number of urea groups is 2. The highest BCUT2D eigenvalue weighted by atomic mass is 16.2. The summed E-state index contributed by atoms with van der Waals surface area (Å²) < 4.78 is 0. The maximum absolute atomic E-state index is 13.5. The van der Waals surface area contributed by atoms with Gasteiger partial charge in [0.25, 0.3) is 11.8 Å². The number of rotatable bonds is 1. The fourth-order valence-corrected chi connectivity index (χ4v) is 5.54. The van der Waals surface area contributed by atoms with Crippen LogP contribution < -0.4 is 10.2 Å². The summed E-state index contributed by atoms with van der Waals surface area (Å²) in [5, 5.41) is 2.11. The monoisotopic (exact) mass is 465 g/mol. The molecule has 1 spiro atoms. The molecule has 0 saturated carbocycles. The molecule has 1 N–H and O–H groups in total. The Kier molecular flexibility index (Phi) is 4.64. The van der Waals surface area contributed by atoms with Gasteiger partial charge < -0.3 is 4.90 Å². The molecule has 3 fully saturated rings. The molecule has 0 radical (unpaired) electrons. The first-order valence-corrected chi connectivity index (χ1v) is 10.9.